The molecule has 2 heteroatoms. The van der Waals surface area contributed by atoms with E-state index >= 15 is 0 Å². The molecule has 0 aliphatic carbocycles. The fourth-order valence-electron chi connectivity index (χ4n) is 0. The predicted octanol–water partition coefficient (Wildman–Crippen LogP) is 0.864. The maximum atomic E-state index is 9.82. The Hall–Kier alpha value is 0.670. The summed E-state index contributed by atoms with van der Waals surface area (Å²) >= 11 is -1.25. The number of hydrogen-bond donors (Lipinski definition) is 0. The topological polar surface area (TPSA) is 17.1 Å². The van der Waals surface area contributed by atoms with Crippen molar-refractivity contribution in [3.8, 4) is 0 Å². The zero-order chi connectivity index (χ0) is 4.28. The third-order valence-corrected chi connectivity index (χ3v) is 1.83. The molecule has 0 atom stereocenters. The Morgan fingerprint density at radius 3 is 1.80 bits per heavy atom. The molecule has 0 saturated heterocycles. The minimum atomic E-state index is -1.25. The van der Waals surface area contributed by atoms with Gasteiger partial charge in [-0.2, -0.15) is 0 Å². The van der Waals surface area contributed by atoms with Crippen LogP contribution >= 0.6 is 0 Å². The van der Waals surface area contributed by atoms with Crippen molar-refractivity contribution in [1.82, 2.24) is 0 Å². The second-order valence-corrected chi connectivity index (χ2v) is 5.96. The summed E-state index contributed by atoms with van der Waals surface area (Å²) in [5.41, 5.74) is 0. The maximum absolute atomic E-state index is 9.82. The number of hydrogen-bond acceptors (Lipinski definition) is 1. The van der Waals surface area contributed by atoms with Gasteiger partial charge in [-0.15, -0.1) is 0 Å². The Morgan fingerprint density at radius 2 is 1.80 bits per heavy atom. The molecular formula is C3H7InO. The zero-order valence-electron chi connectivity index (χ0n) is 3.56. The first kappa shape index (κ1) is 5.67. The van der Waals surface area contributed by atoms with Gasteiger partial charge in [0.05, 0.1) is 0 Å². The minimum absolute atomic E-state index is 0.519. The summed E-state index contributed by atoms with van der Waals surface area (Å²) in [7, 11) is 0. The van der Waals surface area contributed by atoms with E-state index in [1.54, 1.807) is 0 Å². The Balaban J connectivity index is 2.83. The summed E-state index contributed by atoms with van der Waals surface area (Å²) in [6.07, 6.45) is 0. The van der Waals surface area contributed by atoms with Crippen molar-refractivity contribution in [2.75, 3.05) is 0 Å². The summed E-state index contributed by atoms with van der Waals surface area (Å²) < 4.78 is 10.3. The molecular weight excluding hydrogens is 167 g/mol. The molecule has 0 aromatic rings. The third-order valence-electron chi connectivity index (χ3n) is 0.272. The quantitative estimate of drug-likeness (QED) is 0.576. The van der Waals surface area contributed by atoms with Crippen LogP contribution < -0.4 is 0 Å². The van der Waals surface area contributed by atoms with Gasteiger partial charge in [0.25, 0.3) is 0 Å². The monoisotopic (exact) mass is 174 g/mol. The van der Waals surface area contributed by atoms with E-state index in [0.717, 1.165) is 0 Å². The molecule has 0 amide bonds. The van der Waals surface area contributed by atoms with Gasteiger partial charge < -0.3 is 0 Å². The van der Waals surface area contributed by atoms with Crippen LogP contribution in [0.25, 0.3) is 0 Å². The van der Waals surface area contributed by atoms with Crippen LogP contribution in [0.2, 0.25) is 3.67 Å². The molecule has 0 unspecified atom stereocenters. The molecule has 1 nitrogen and oxygen atoms in total. The van der Waals surface area contributed by atoms with Gasteiger partial charge in [-0.1, -0.05) is 0 Å². The molecule has 28 valence electrons. The summed E-state index contributed by atoms with van der Waals surface area (Å²) in [4.78, 5) is 0. The van der Waals surface area contributed by atoms with E-state index in [4.69, 9.17) is 0 Å². The second-order valence-electron chi connectivity index (χ2n) is 1.38. The Labute approximate surface area is 43.6 Å². The van der Waals surface area contributed by atoms with Crippen molar-refractivity contribution in [1.29, 1.82) is 0 Å². The van der Waals surface area contributed by atoms with Crippen LogP contribution in [0.15, 0.2) is 0 Å². The normalized spacial score (nSPS) is 7.80. The molecule has 0 N–H and O–H groups in total. The first-order valence-corrected chi connectivity index (χ1v) is 4.97. The van der Waals surface area contributed by atoms with E-state index in [9.17, 15) is 2.85 Å². The molecule has 0 rings (SSSR count). The van der Waals surface area contributed by atoms with E-state index in [-0.39, 0.29) is 0 Å². The molecule has 0 aliphatic rings. The van der Waals surface area contributed by atoms with Gasteiger partial charge in [0, 0.05) is 0 Å². The SMILES string of the molecule is C[CH](C)[In]=[O]. The van der Waals surface area contributed by atoms with Crippen molar-refractivity contribution >= 4 is 22.9 Å². The predicted molar refractivity (Wildman–Crippen MR) is 21.5 cm³/mol. The van der Waals surface area contributed by atoms with E-state index < -0.39 is 22.9 Å². The average molecular weight is 174 g/mol. The van der Waals surface area contributed by atoms with Gasteiger partial charge in [-0.25, -0.2) is 0 Å². The Kier molecular flexibility index (Phi) is 3.27. The van der Waals surface area contributed by atoms with Crippen LogP contribution in [0, 0.1) is 0 Å². The molecule has 0 radical (unpaired) electrons. The molecule has 5 heavy (non-hydrogen) atoms. The van der Waals surface area contributed by atoms with Gasteiger partial charge in [0.15, 0.2) is 0 Å². The molecule has 0 spiro atoms. The van der Waals surface area contributed by atoms with E-state index in [1.807, 2.05) is 13.8 Å². The third kappa shape index (κ3) is 4.67. The summed E-state index contributed by atoms with van der Waals surface area (Å²) in [6, 6.07) is 0. The van der Waals surface area contributed by atoms with Crippen molar-refractivity contribution in [3.05, 3.63) is 0 Å². The van der Waals surface area contributed by atoms with Gasteiger partial charge >= 0.3 is 43.3 Å². The molecule has 0 aromatic carbocycles. The summed E-state index contributed by atoms with van der Waals surface area (Å²) in [6.45, 7) is 3.99. The van der Waals surface area contributed by atoms with Crippen LogP contribution in [0.1, 0.15) is 13.8 Å². The summed E-state index contributed by atoms with van der Waals surface area (Å²) in [5, 5.41) is 0. The molecule has 0 aliphatic heterocycles. The van der Waals surface area contributed by atoms with Crippen LogP contribution in [0.3, 0.4) is 0 Å². The van der Waals surface area contributed by atoms with Crippen LogP contribution in [-0.4, -0.2) is 22.9 Å². The van der Waals surface area contributed by atoms with Gasteiger partial charge in [0.1, 0.15) is 0 Å². The Morgan fingerprint density at radius 1 is 1.60 bits per heavy atom. The van der Waals surface area contributed by atoms with E-state index in [0.29, 0.717) is 3.67 Å². The molecule has 0 saturated carbocycles. The van der Waals surface area contributed by atoms with Crippen LogP contribution in [0.5, 0.6) is 0 Å². The van der Waals surface area contributed by atoms with Gasteiger partial charge in [0.2, 0.25) is 0 Å². The fraction of sp³-hybridized carbons (Fsp3) is 1.00. The van der Waals surface area contributed by atoms with E-state index in [1.165, 1.54) is 0 Å². The average Bonchev–Trinajstić information content (AvgIpc) is 1.38. The van der Waals surface area contributed by atoms with Crippen molar-refractivity contribution < 1.29 is 2.85 Å². The zero-order valence-corrected chi connectivity index (χ0v) is 6.86. The molecule has 0 aromatic heterocycles. The first-order chi connectivity index (χ1) is 2.27. The first-order valence-electron chi connectivity index (χ1n) is 1.72. The Bertz CT molecular complexity index is 33.9. The molecule has 0 bridgehead atoms. The van der Waals surface area contributed by atoms with E-state index in [2.05, 4.69) is 0 Å². The van der Waals surface area contributed by atoms with Crippen molar-refractivity contribution in [3.63, 3.8) is 0 Å². The second kappa shape index (κ2) is 2.88. The summed E-state index contributed by atoms with van der Waals surface area (Å²) in [5.74, 6) is 0. The molecule has 0 fully saturated rings. The fourth-order valence-corrected chi connectivity index (χ4v) is 0. The van der Waals surface area contributed by atoms with Crippen molar-refractivity contribution in [2.45, 2.75) is 17.5 Å². The van der Waals surface area contributed by atoms with Crippen molar-refractivity contribution in [2.24, 2.45) is 0 Å². The van der Waals surface area contributed by atoms with Crippen LogP contribution in [-0.2, 0) is 2.85 Å². The van der Waals surface area contributed by atoms with Gasteiger partial charge in [-0.05, 0) is 0 Å². The number of rotatable bonds is 1. The van der Waals surface area contributed by atoms with Gasteiger partial charge in [-0.3, -0.25) is 0 Å². The standard InChI is InChI=1S/C3H7.In.O/c1-3-2;;/h3H,1-2H3;;. The van der Waals surface area contributed by atoms with Crippen LogP contribution in [0.4, 0.5) is 0 Å². The molecule has 0 heterocycles.